The normalized spacial score (nSPS) is 16.8. The number of anilines is 1. The van der Waals surface area contributed by atoms with E-state index >= 15 is 0 Å². The first-order valence-electron chi connectivity index (χ1n) is 10.5. The van der Waals surface area contributed by atoms with Gasteiger partial charge in [-0.15, -0.1) is 10.2 Å². The molecule has 0 spiro atoms. The number of nitrogens with zero attached hydrogens (tertiary/aromatic N) is 4. The summed E-state index contributed by atoms with van der Waals surface area (Å²) in [6, 6.07) is 13.3. The fourth-order valence-electron chi connectivity index (χ4n) is 4.12. The second-order valence-corrected chi connectivity index (χ2v) is 10.5. The number of benzene rings is 2. The van der Waals surface area contributed by atoms with Gasteiger partial charge in [-0.05, 0) is 31.5 Å². The molecule has 33 heavy (non-hydrogen) atoms. The molecule has 168 valence electrons. The molecule has 0 aliphatic carbocycles. The summed E-state index contributed by atoms with van der Waals surface area (Å²) in [6.07, 6.45) is 4.79. The van der Waals surface area contributed by atoms with E-state index in [4.69, 9.17) is 15.3 Å². The Labute approximate surface area is 192 Å². The van der Waals surface area contributed by atoms with Crippen LogP contribution in [0.15, 0.2) is 59.8 Å². The summed E-state index contributed by atoms with van der Waals surface area (Å²) in [5.41, 5.74) is 11.4. The Bertz CT molecular complexity index is 1490. The summed E-state index contributed by atoms with van der Waals surface area (Å²) in [5.74, 6) is 1.43. The zero-order valence-electron chi connectivity index (χ0n) is 18.6. The fourth-order valence-corrected chi connectivity index (χ4v) is 4.80. The molecule has 2 aromatic heterocycles. The van der Waals surface area contributed by atoms with Crippen molar-refractivity contribution in [2.75, 3.05) is 12.0 Å². The van der Waals surface area contributed by atoms with Crippen LogP contribution in [0.5, 0.6) is 5.75 Å². The van der Waals surface area contributed by atoms with Crippen molar-refractivity contribution in [3.8, 4) is 28.4 Å². The van der Waals surface area contributed by atoms with Gasteiger partial charge in [0.2, 0.25) is 0 Å². The van der Waals surface area contributed by atoms with Crippen LogP contribution in [0.2, 0.25) is 0 Å². The Morgan fingerprint density at radius 3 is 2.76 bits per heavy atom. The third-order valence-corrected chi connectivity index (χ3v) is 6.99. The van der Waals surface area contributed by atoms with Gasteiger partial charge in [-0.1, -0.05) is 29.8 Å². The van der Waals surface area contributed by atoms with Gasteiger partial charge in [0.1, 0.15) is 11.9 Å². The van der Waals surface area contributed by atoms with Gasteiger partial charge in [0.05, 0.1) is 15.4 Å². The summed E-state index contributed by atoms with van der Waals surface area (Å²) in [4.78, 5) is 5.07. The van der Waals surface area contributed by atoms with Gasteiger partial charge in [-0.2, -0.15) is 0 Å². The Morgan fingerprint density at radius 2 is 1.97 bits per heavy atom. The Kier molecular flexibility index (Phi) is 4.93. The summed E-state index contributed by atoms with van der Waals surface area (Å²) in [7, 11) is -2.91. The second kappa shape index (κ2) is 7.70. The number of nitrogens with two attached hydrogens (primary N) is 1. The zero-order valence-corrected chi connectivity index (χ0v) is 19.4. The molecule has 5 rings (SSSR count). The second-order valence-electron chi connectivity index (χ2n) is 8.37. The summed E-state index contributed by atoms with van der Waals surface area (Å²) in [6.45, 7) is 4.52. The molecule has 3 N–H and O–H groups in total. The monoisotopic (exact) mass is 460 g/mol. The number of aromatic nitrogens is 4. The van der Waals surface area contributed by atoms with Crippen LogP contribution in [0, 0.1) is 11.7 Å². The van der Waals surface area contributed by atoms with Crippen LogP contribution in [0.25, 0.3) is 22.6 Å². The van der Waals surface area contributed by atoms with Crippen LogP contribution in [0.4, 0.5) is 5.82 Å². The van der Waals surface area contributed by atoms with E-state index in [2.05, 4.69) is 37.9 Å². The van der Waals surface area contributed by atoms with Crippen molar-refractivity contribution < 1.29 is 8.95 Å². The molecule has 3 heterocycles. The number of fused-ring (bicyclic) bond motifs is 7. The number of imidazole rings is 1. The molecular weight excluding hydrogens is 436 g/mol. The van der Waals surface area contributed by atoms with Crippen molar-refractivity contribution in [3.63, 3.8) is 0 Å². The van der Waals surface area contributed by atoms with E-state index in [1.54, 1.807) is 24.4 Å². The van der Waals surface area contributed by atoms with Crippen LogP contribution < -0.4 is 10.5 Å². The molecule has 9 heteroatoms. The molecule has 1 aliphatic rings. The molecule has 4 aromatic rings. The lowest BCUT2D eigenvalue weighted by Crippen LogP contribution is -2.12. The van der Waals surface area contributed by atoms with Crippen LogP contribution >= 0.6 is 0 Å². The molecule has 0 saturated carbocycles. The van der Waals surface area contributed by atoms with E-state index in [0.29, 0.717) is 22.9 Å². The van der Waals surface area contributed by atoms with Crippen LogP contribution in [0.1, 0.15) is 29.7 Å². The molecule has 0 fully saturated rings. The van der Waals surface area contributed by atoms with Gasteiger partial charge in [0.25, 0.3) is 0 Å². The van der Waals surface area contributed by atoms with Crippen molar-refractivity contribution in [3.05, 3.63) is 71.5 Å². The minimum absolute atomic E-state index is 0.191. The predicted octanol–water partition coefficient (Wildman–Crippen LogP) is 4.43. The topological polar surface area (TPSA) is 120 Å². The smallest absolute Gasteiger partial charge is 0.188 e. The maximum absolute atomic E-state index is 12.5. The first-order valence-corrected chi connectivity index (χ1v) is 12.5. The average Bonchev–Trinajstić information content (AvgIpc) is 3.22. The Morgan fingerprint density at radius 1 is 1.15 bits per heavy atom. The number of hydrogen-bond acceptors (Lipinski definition) is 7. The van der Waals surface area contributed by atoms with E-state index in [9.17, 15) is 4.21 Å². The lowest BCUT2D eigenvalue weighted by atomic mass is 9.99. The molecule has 2 atom stereocenters. The highest BCUT2D eigenvalue weighted by atomic mass is 32.2. The highest BCUT2D eigenvalue weighted by Crippen LogP contribution is 2.36. The largest absolute Gasteiger partial charge is 0.482 e. The summed E-state index contributed by atoms with van der Waals surface area (Å²) >= 11 is 0. The van der Waals surface area contributed by atoms with Gasteiger partial charge < -0.3 is 15.0 Å². The van der Waals surface area contributed by atoms with E-state index in [-0.39, 0.29) is 11.9 Å². The lowest BCUT2D eigenvalue weighted by molar-refractivity contribution is 0.227. The van der Waals surface area contributed by atoms with Gasteiger partial charge >= 0.3 is 0 Å². The molecular formula is C24H24N6O2S. The molecule has 1 aliphatic heterocycles. The van der Waals surface area contributed by atoms with Crippen molar-refractivity contribution >= 4 is 15.5 Å². The van der Waals surface area contributed by atoms with E-state index < -0.39 is 9.73 Å². The van der Waals surface area contributed by atoms with Gasteiger partial charge in [-0.25, -0.2) is 14.0 Å². The molecule has 2 aromatic carbocycles. The zero-order chi connectivity index (χ0) is 23.3. The van der Waals surface area contributed by atoms with Crippen LogP contribution in [-0.2, 0) is 16.3 Å². The number of nitrogen functional groups attached to an aromatic ring is 1. The first kappa shape index (κ1) is 21.1. The van der Waals surface area contributed by atoms with Gasteiger partial charge in [0, 0.05) is 52.8 Å². The number of hydrogen-bond donors (Lipinski definition) is 2. The quantitative estimate of drug-likeness (QED) is 0.433. The van der Waals surface area contributed by atoms with Crippen molar-refractivity contribution in [1.29, 1.82) is 4.78 Å². The highest BCUT2D eigenvalue weighted by molar-refractivity contribution is 7.91. The maximum Gasteiger partial charge on any atom is 0.188 e. The van der Waals surface area contributed by atoms with Gasteiger partial charge in [-0.3, -0.25) is 0 Å². The highest BCUT2D eigenvalue weighted by Gasteiger charge is 2.22. The Balaban J connectivity index is 1.80. The summed E-state index contributed by atoms with van der Waals surface area (Å²) in [5, 5.41) is 8.42. The third-order valence-electron chi connectivity index (χ3n) is 5.84. The Hall–Kier alpha value is -3.72. The molecule has 0 radical (unpaired) electrons. The van der Waals surface area contributed by atoms with Crippen molar-refractivity contribution in [2.24, 2.45) is 0 Å². The predicted molar refractivity (Wildman–Crippen MR) is 127 cm³/mol. The summed E-state index contributed by atoms with van der Waals surface area (Å²) < 4.78 is 28.9. The number of ether oxygens (including phenoxy) is 1. The van der Waals surface area contributed by atoms with Crippen LogP contribution in [0.3, 0.4) is 0 Å². The SMILES string of the molecule is Cc1ccc2c(c1)[C@@H](C)Oc1cc(nnc1N)-c1cc(S(C)(=N)=O)ccc1Cn1ccnc1-2. The molecule has 0 amide bonds. The first-order chi connectivity index (χ1) is 15.7. The maximum atomic E-state index is 12.5. The number of rotatable bonds is 1. The number of nitrogens with one attached hydrogen (secondary N) is 1. The average molecular weight is 461 g/mol. The van der Waals surface area contributed by atoms with Crippen LogP contribution in [-0.4, -0.2) is 30.2 Å². The van der Waals surface area contributed by atoms with Crippen molar-refractivity contribution in [1.82, 2.24) is 19.7 Å². The van der Waals surface area contributed by atoms with E-state index in [1.165, 1.54) is 6.26 Å². The fraction of sp³-hybridized carbons (Fsp3) is 0.208. The van der Waals surface area contributed by atoms with Crippen molar-refractivity contribution in [2.45, 2.75) is 31.4 Å². The molecule has 0 saturated heterocycles. The van der Waals surface area contributed by atoms with E-state index in [0.717, 1.165) is 33.6 Å². The molecule has 1 unspecified atom stereocenters. The lowest BCUT2D eigenvalue weighted by Gasteiger charge is -2.22. The number of aryl methyl sites for hydroxylation is 1. The minimum atomic E-state index is -2.91. The van der Waals surface area contributed by atoms with E-state index in [1.807, 2.05) is 26.1 Å². The minimum Gasteiger partial charge on any atom is -0.482 e. The molecule has 2 bridgehead atoms. The standard InChI is InChI=1S/C24H24N6O2S/c1-14-4-7-18-19(10-14)15(2)32-22-12-21(28-29-23(22)25)20-11-17(33(3,26)31)6-5-16(20)13-30-9-8-27-24(18)30/h4-12,15,26H,13H2,1-3H3,(H2,25,29)/t15-,33?/m1/s1. The third kappa shape index (κ3) is 3.84. The molecule has 8 nitrogen and oxygen atoms in total. The van der Waals surface area contributed by atoms with Gasteiger partial charge in [0.15, 0.2) is 11.6 Å².